The summed E-state index contributed by atoms with van der Waals surface area (Å²) < 4.78 is 1.53. The molecule has 2 aliphatic heterocycles. The van der Waals surface area contributed by atoms with Gasteiger partial charge < -0.3 is 9.80 Å². The van der Waals surface area contributed by atoms with E-state index in [-0.39, 0.29) is 28.6 Å². The molecular weight excluding hydrogens is 344 g/mol. The Bertz CT molecular complexity index is 866. The van der Waals surface area contributed by atoms with Crippen LogP contribution in [0.25, 0.3) is 5.65 Å². The van der Waals surface area contributed by atoms with Crippen LogP contribution in [0, 0.1) is 6.92 Å². The molecule has 8 nitrogen and oxygen atoms in total. The second kappa shape index (κ2) is 5.96. The Morgan fingerprint density at radius 1 is 1.28 bits per heavy atom. The topological polar surface area (TPSA) is 74.1 Å². The molecular formula is C16H19ClN6O2. The maximum absolute atomic E-state index is 12.9. The number of carbonyl (C=O) groups excluding carboxylic acids is 2. The molecule has 9 heteroatoms. The molecule has 25 heavy (non-hydrogen) atoms. The number of rotatable bonds is 1. The Kier molecular flexibility index (Phi) is 3.88. The molecule has 132 valence electrons. The lowest BCUT2D eigenvalue weighted by Crippen LogP contribution is -2.64. The maximum Gasteiger partial charge on any atom is 0.276 e. The van der Waals surface area contributed by atoms with Crippen molar-refractivity contribution in [1.29, 1.82) is 0 Å². The van der Waals surface area contributed by atoms with E-state index < -0.39 is 0 Å². The third-order valence-corrected chi connectivity index (χ3v) is 5.26. The molecule has 2 amide bonds. The Morgan fingerprint density at radius 3 is 2.84 bits per heavy atom. The fourth-order valence-corrected chi connectivity index (χ4v) is 3.69. The Balaban J connectivity index is 1.61. The largest absolute Gasteiger partial charge is 0.343 e. The molecule has 4 heterocycles. The molecule has 2 aliphatic rings. The van der Waals surface area contributed by atoms with Crippen LogP contribution in [-0.4, -0.2) is 86.9 Å². The van der Waals surface area contributed by atoms with Crippen LogP contribution in [-0.2, 0) is 4.79 Å². The average molecular weight is 363 g/mol. The first kappa shape index (κ1) is 16.3. The number of likely N-dealkylation sites (N-methyl/N-ethyl adjacent to an activating group) is 1. The SMILES string of the molecule is Cc1cnc2c(Cl)c(C(=O)N3CCN4CCN(C)C(=O)[C@@H]4C3)nn2c1. The fraction of sp³-hybridized carbons (Fsp3) is 0.500. The zero-order valence-corrected chi connectivity index (χ0v) is 14.9. The summed E-state index contributed by atoms with van der Waals surface area (Å²) in [5.74, 6) is -0.198. The number of carbonyl (C=O) groups is 2. The second-order valence-corrected chi connectivity index (χ2v) is 7.00. The lowest BCUT2D eigenvalue weighted by Gasteiger charge is -2.45. The second-order valence-electron chi connectivity index (χ2n) is 6.62. The summed E-state index contributed by atoms with van der Waals surface area (Å²) in [6.07, 6.45) is 3.47. The van der Waals surface area contributed by atoms with Crippen molar-refractivity contribution in [2.45, 2.75) is 13.0 Å². The number of hydrogen-bond donors (Lipinski definition) is 0. The van der Waals surface area contributed by atoms with E-state index in [0.717, 1.165) is 18.7 Å². The van der Waals surface area contributed by atoms with Crippen LogP contribution in [0.4, 0.5) is 0 Å². The molecule has 0 unspecified atom stereocenters. The van der Waals surface area contributed by atoms with Gasteiger partial charge in [0.05, 0.1) is 0 Å². The zero-order valence-electron chi connectivity index (χ0n) is 14.1. The van der Waals surface area contributed by atoms with Crippen molar-refractivity contribution in [1.82, 2.24) is 29.3 Å². The van der Waals surface area contributed by atoms with Gasteiger partial charge in [-0.2, -0.15) is 5.10 Å². The molecule has 0 bridgehead atoms. The normalized spacial score (nSPS) is 21.7. The molecule has 0 spiro atoms. The van der Waals surface area contributed by atoms with E-state index in [0.29, 0.717) is 25.3 Å². The first-order valence-electron chi connectivity index (χ1n) is 8.24. The van der Waals surface area contributed by atoms with Crippen molar-refractivity contribution in [3.05, 3.63) is 28.7 Å². The lowest BCUT2D eigenvalue weighted by atomic mass is 10.1. The van der Waals surface area contributed by atoms with E-state index in [1.54, 1.807) is 29.2 Å². The summed E-state index contributed by atoms with van der Waals surface area (Å²) in [5.41, 5.74) is 1.57. The minimum atomic E-state index is -0.285. The van der Waals surface area contributed by atoms with Gasteiger partial charge in [0, 0.05) is 52.2 Å². The summed E-state index contributed by atoms with van der Waals surface area (Å²) in [6, 6.07) is -0.285. The molecule has 0 radical (unpaired) electrons. The van der Waals surface area contributed by atoms with Gasteiger partial charge in [-0.25, -0.2) is 9.50 Å². The van der Waals surface area contributed by atoms with Crippen molar-refractivity contribution in [3.63, 3.8) is 0 Å². The summed E-state index contributed by atoms with van der Waals surface area (Å²) in [4.78, 5) is 35.1. The molecule has 0 aliphatic carbocycles. The van der Waals surface area contributed by atoms with Crippen LogP contribution in [0.15, 0.2) is 12.4 Å². The van der Waals surface area contributed by atoms with Crippen molar-refractivity contribution in [2.24, 2.45) is 0 Å². The molecule has 2 saturated heterocycles. The third kappa shape index (κ3) is 2.65. The number of halogens is 1. The standard InChI is InChI=1S/C16H19ClN6O2/c1-10-7-18-14-12(17)13(19-23(14)8-10)16(25)22-6-5-21-4-3-20(2)15(24)11(21)9-22/h7-8,11H,3-6,9H2,1-2H3/t11-/m0/s1. The van der Waals surface area contributed by atoms with Crippen LogP contribution in [0.3, 0.4) is 0 Å². The van der Waals surface area contributed by atoms with Gasteiger partial charge in [-0.1, -0.05) is 11.6 Å². The predicted octanol–water partition coefficient (Wildman–Crippen LogP) is 0.290. The van der Waals surface area contributed by atoms with E-state index in [2.05, 4.69) is 15.0 Å². The zero-order chi connectivity index (χ0) is 17.7. The lowest BCUT2D eigenvalue weighted by molar-refractivity contribution is -0.142. The minimum absolute atomic E-state index is 0.0575. The van der Waals surface area contributed by atoms with Crippen molar-refractivity contribution >= 4 is 29.1 Å². The first-order valence-corrected chi connectivity index (χ1v) is 8.62. The Hall–Kier alpha value is -2.19. The molecule has 2 fully saturated rings. The fourth-order valence-electron chi connectivity index (χ4n) is 3.44. The Labute approximate surface area is 150 Å². The average Bonchev–Trinajstić information content (AvgIpc) is 2.93. The van der Waals surface area contributed by atoms with Crippen LogP contribution in [0.5, 0.6) is 0 Å². The van der Waals surface area contributed by atoms with Crippen LogP contribution < -0.4 is 0 Å². The third-order valence-electron chi connectivity index (χ3n) is 4.91. The number of hydrogen-bond acceptors (Lipinski definition) is 5. The molecule has 0 saturated carbocycles. The quantitative estimate of drug-likeness (QED) is 0.729. The van der Waals surface area contributed by atoms with E-state index in [9.17, 15) is 9.59 Å². The number of aromatic nitrogens is 3. The van der Waals surface area contributed by atoms with Gasteiger partial charge in [0.15, 0.2) is 11.3 Å². The number of piperazine rings is 2. The van der Waals surface area contributed by atoms with Crippen LogP contribution in [0.1, 0.15) is 16.1 Å². The summed E-state index contributed by atoms with van der Waals surface area (Å²) in [5, 5.41) is 4.56. The van der Waals surface area contributed by atoms with E-state index in [1.165, 1.54) is 4.52 Å². The van der Waals surface area contributed by atoms with Crippen molar-refractivity contribution < 1.29 is 9.59 Å². The summed E-state index contributed by atoms with van der Waals surface area (Å²) in [6.45, 7) is 5.06. The number of aryl methyl sites for hydroxylation is 1. The summed E-state index contributed by atoms with van der Waals surface area (Å²) in [7, 11) is 1.80. The van der Waals surface area contributed by atoms with Crippen molar-refractivity contribution in [2.75, 3.05) is 39.8 Å². The number of amides is 2. The predicted molar refractivity (Wildman–Crippen MR) is 91.6 cm³/mol. The van der Waals surface area contributed by atoms with Gasteiger partial charge in [0.25, 0.3) is 5.91 Å². The van der Waals surface area contributed by atoms with Gasteiger partial charge in [0.1, 0.15) is 11.1 Å². The first-order chi connectivity index (χ1) is 12.0. The molecule has 2 aromatic rings. The van der Waals surface area contributed by atoms with Gasteiger partial charge >= 0.3 is 0 Å². The minimum Gasteiger partial charge on any atom is -0.343 e. The van der Waals surface area contributed by atoms with E-state index in [1.807, 2.05) is 6.92 Å². The molecule has 1 atom stereocenters. The van der Waals surface area contributed by atoms with E-state index in [4.69, 9.17) is 11.6 Å². The Morgan fingerprint density at radius 2 is 2.04 bits per heavy atom. The smallest absolute Gasteiger partial charge is 0.276 e. The highest BCUT2D eigenvalue weighted by Gasteiger charge is 2.39. The molecule has 0 N–H and O–H groups in total. The molecule has 0 aromatic carbocycles. The molecule has 4 rings (SSSR count). The van der Waals surface area contributed by atoms with Gasteiger partial charge in [-0.05, 0) is 12.5 Å². The van der Waals surface area contributed by atoms with Crippen LogP contribution in [0.2, 0.25) is 5.02 Å². The monoisotopic (exact) mass is 362 g/mol. The van der Waals surface area contributed by atoms with Crippen molar-refractivity contribution in [3.8, 4) is 0 Å². The highest BCUT2D eigenvalue weighted by molar-refractivity contribution is 6.36. The number of fused-ring (bicyclic) bond motifs is 2. The molecule has 2 aromatic heterocycles. The van der Waals surface area contributed by atoms with Gasteiger partial charge in [-0.15, -0.1) is 0 Å². The van der Waals surface area contributed by atoms with Gasteiger partial charge in [-0.3, -0.25) is 14.5 Å². The van der Waals surface area contributed by atoms with Gasteiger partial charge in [0.2, 0.25) is 5.91 Å². The van der Waals surface area contributed by atoms with Crippen LogP contribution >= 0.6 is 11.6 Å². The highest BCUT2D eigenvalue weighted by Crippen LogP contribution is 2.24. The maximum atomic E-state index is 12.9. The summed E-state index contributed by atoms with van der Waals surface area (Å²) >= 11 is 6.33. The van der Waals surface area contributed by atoms with E-state index >= 15 is 0 Å². The highest BCUT2D eigenvalue weighted by atomic mass is 35.5. The number of nitrogens with zero attached hydrogens (tertiary/aromatic N) is 6.